The van der Waals surface area contributed by atoms with Crippen LogP contribution in [-0.2, 0) is 6.54 Å². The first-order valence-electron chi connectivity index (χ1n) is 5.49. The molecule has 0 bridgehead atoms. The number of rotatable bonds is 2. The highest BCUT2D eigenvalue weighted by Gasteiger charge is 2.08. The van der Waals surface area contributed by atoms with E-state index in [1.54, 1.807) is 10.9 Å². The monoisotopic (exact) mass is 319 g/mol. The number of hydrogen-bond donors (Lipinski definition) is 2. The van der Waals surface area contributed by atoms with Crippen molar-refractivity contribution in [3.05, 3.63) is 34.7 Å². The van der Waals surface area contributed by atoms with Crippen LogP contribution in [0.3, 0.4) is 0 Å². The number of nitrogens with two attached hydrogens (primary N) is 2. The summed E-state index contributed by atoms with van der Waals surface area (Å²) in [4.78, 5) is 11.8. The van der Waals surface area contributed by atoms with E-state index in [-0.39, 0.29) is 11.9 Å². The SMILES string of the molecule is Nc1nc(N)nc(Cn2ncc3c(Br)cccc32)n1. The lowest BCUT2D eigenvalue weighted by Gasteiger charge is -2.04. The van der Waals surface area contributed by atoms with Crippen LogP contribution in [-0.4, -0.2) is 24.7 Å². The molecule has 3 rings (SSSR count). The van der Waals surface area contributed by atoms with Gasteiger partial charge in [0, 0.05) is 9.86 Å². The molecule has 3 aromatic rings. The van der Waals surface area contributed by atoms with E-state index in [2.05, 4.69) is 36.0 Å². The van der Waals surface area contributed by atoms with Crippen molar-refractivity contribution in [2.45, 2.75) is 6.54 Å². The molecular weight excluding hydrogens is 310 g/mol. The summed E-state index contributed by atoms with van der Waals surface area (Å²) in [6, 6.07) is 5.88. The van der Waals surface area contributed by atoms with Crippen LogP contribution in [0.15, 0.2) is 28.9 Å². The molecule has 0 radical (unpaired) electrons. The Balaban J connectivity index is 2.04. The minimum absolute atomic E-state index is 0.111. The van der Waals surface area contributed by atoms with Gasteiger partial charge in [0.05, 0.1) is 11.7 Å². The summed E-state index contributed by atoms with van der Waals surface area (Å²) < 4.78 is 2.78. The Hall–Kier alpha value is -2.22. The minimum Gasteiger partial charge on any atom is -0.368 e. The summed E-state index contributed by atoms with van der Waals surface area (Å²) >= 11 is 3.48. The molecule has 0 atom stereocenters. The highest BCUT2D eigenvalue weighted by atomic mass is 79.9. The molecule has 7 nitrogen and oxygen atoms in total. The lowest BCUT2D eigenvalue weighted by atomic mass is 10.2. The molecule has 2 aromatic heterocycles. The first-order chi connectivity index (χ1) is 9.13. The molecule has 8 heteroatoms. The highest BCUT2D eigenvalue weighted by Crippen LogP contribution is 2.23. The van der Waals surface area contributed by atoms with E-state index in [9.17, 15) is 0 Å². The Morgan fingerprint density at radius 2 is 1.84 bits per heavy atom. The van der Waals surface area contributed by atoms with Gasteiger partial charge in [-0.05, 0) is 12.1 Å². The van der Waals surface area contributed by atoms with E-state index in [4.69, 9.17) is 11.5 Å². The van der Waals surface area contributed by atoms with Crippen LogP contribution in [0, 0.1) is 0 Å². The molecule has 0 unspecified atom stereocenters. The number of fused-ring (bicyclic) bond motifs is 1. The number of nitrogens with zero attached hydrogens (tertiary/aromatic N) is 5. The lowest BCUT2D eigenvalue weighted by Crippen LogP contribution is -2.11. The largest absolute Gasteiger partial charge is 0.368 e. The molecule has 0 aliphatic rings. The maximum Gasteiger partial charge on any atom is 0.225 e. The van der Waals surface area contributed by atoms with E-state index < -0.39 is 0 Å². The van der Waals surface area contributed by atoms with Gasteiger partial charge in [-0.25, -0.2) is 0 Å². The van der Waals surface area contributed by atoms with Gasteiger partial charge in [0.15, 0.2) is 5.82 Å². The fraction of sp³-hybridized carbons (Fsp3) is 0.0909. The molecule has 0 saturated carbocycles. The van der Waals surface area contributed by atoms with Gasteiger partial charge in [0.1, 0.15) is 6.54 Å². The molecule has 0 aliphatic carbocycles. The van der Waals surface area contributed by atoms with Crippen molar-refractivity contribution >= 4 is 38.7 Å². The molecule has 2 heterocycles. The van der Waals surface area contributed by atoms with Gasteiger partial charge in [0.25, 0.3) is 0 Å². The number of anilines is 2. The van der Waals surface area contributed by atoms with Crippen LogP contribution in [0.25, 0.3) is 10.9 Å². The lowest BCUT2D eigenvalue weighted by molar-refractivity contribution is 0.675. The third-order valence-corrected chi connectivity index (χ3v) is 3.33. The third-order valence-electron chi connectivity index (χ3n) is 2.64. The first-order valence-corrected chi connectivity index (χ1v) is 6.29. The zero-order chi connectivity index (χ0) is 13.4. The summed E-state index contributed by atoms with van der Waals surface area (Å²) in [6.07, 6.45) is 1.79. The molecular formula is C11H10BrN7. The quantitative estimate of drug-likeness (QED) is 0.734. The van der Waals surface area contributed by atoms with Crippen LogP contribution >= 0.6 is 15.9 Å². The molecule has 0 amide bonds. The molecule has 4 N–H and O–H groups in total. The second kappa shape index (κ2) is 4.47. The van der Waals surface area contributed by atoms with E-state index in [1.807, 2.05) is 18.2 Å². The van der Waals surface area contributed by atoms with Crippen molar-refractivity contribution < 1.29 is 0 Å². The molecule has 19 heavy (non-hydrogen) atoms. The number of nitrogen functional groups attached to an aromatic ring is 2. The van der Waals surface area contributed by atoms with Crippen LogP contribution in [0.1, 0.15) is 5.82 Å². The van der Waals surface area contributed by atoms with Gasteiger partial charge >= 0.3 is 0 Å². The Morgan fingerprint density at radius 1 is 1.11 bits per heavy atom. The van der Waals surface area contributed by atoms with E-state index in [1.165, 1.54) is 0 Å². The number of hydrogen-bond acceptors (Lipinski definition) is 6. The fourth-order valence-electron chi connectivity index (χ4n) is 1.86. The number of benzene rings is 1. The summed E-state index contributed by atoms with van der Waals surface area (Å²) in [5.74, 6) is 0.704. The van der Waals surface area contributed by atoms with Crippen molar-refractivity contribution in [2.75, 3.05) is 11.5 Å². The van der Waals surface area contributed by atoms with E-state index in [0.717, 1.165) is 15.4 Å². The molecule has 0 aliphatic heterocycles. The second-order valence-corrected chi connectivity index (χ2v) is 4.80. The summed E-state index contributed by atoms with van der Waals surface area (Å²) in [5, 5.41) is 5.34. The van der Waals surface area contributed by atoms with Crippen molar-refractivity contribution in [2.24, 2.45) is 0 Å². The van der Waals surface area contributed by atoms with Crippen LogP contribution < -0.4 is 11.5 Å². The Bertz CT molecular complexity index is 732. The smallest absolute Gasteiger partial charge is 0.225 e. The van der Waals surface area contributed by atoms with E-state index >= 15 is 0 Å². The minimum atomic E-state index is 0.111. The van der Waals surface area contributed by atoms with Crippen LogP contribution in [0.2, 0.25) is 0 Å². The molecule has 96 valence electrons. The molecule has 0 spiro atoms. The Kier molecular flexibility index (Phi) is 2.79. The van der Waals surface area contributed by atoms with Gasteiger partial charge in [-0.3, -0.25) is 4.68 Å². The molecule has 0 fully saturated rings. The Labute approximate surface area is 116 Å². The standard InChI is InChI=1S/C11H10BrN7/c12-7-2-1-3-8-6(7)4-15-19(8)5-9-16-10(13)18-11(14)17-9/h1-4H,5H2,(H4,13,14,16,17,18). The van der Waals surface area contributed by atoms with Crippen LogP contribution in [0.5, 0.6) is 0 Å². The maximum absolute atomic E-state index is 5.55. The zero-order valence-corrected chi connectivity index (χ0v) is 11.4. The van der Waals surface area contributed by atoms with Crippen LogP contribution in [0.4, 0.5) is 11.9 Å². The highest BCUT2D eigenvalue weighted by molar-refractivity contribution is 9.10. The van der Waals surface area contributed by atoms with Crippen molar-refractivity contribution in [3.8, 4) is 0 Å². The zero-order valence-electron chi connectivity index (χ0n) is 9.79. The molecule has 0 saturated heterocycles. The summed E-state index contributed by atoms with van der Waals surface area (Å²) in [6.45, 7) is 0.386. The van der Waals surface area contributed by atoms with Crippen molar-refractivity contribution in [1.29, 1.82) is 0 Å². The average molecular weight is 320 g/mol. The average Bonchev–Trinajstić information content (AvgIpc) is 2.73. The fourth-order valence-corrected chi connectivity index (χ4v) is 2.31. The maximum atomic E-state index is 5.55. The van der Waals surface area contributed by atoms with Gasteiger partial charge in [-0.15, -0.1) is 0 Å². The van der Waals surface area contributed by atoms with Gasteiger partial charge in [-0.2, -0.15) is 20.1 Å². The number of halogens is 1. The predicted octanol–water partition coefficient (Wildman–Crippen LogP) is 1.20. The van der Waals surface area contributed by atoms with Gasteiger partial charge in [0.2, 0.25) is 11.9 Å². The first kappa shape index (κ1) is 11.8. The van der Waals surface area contributed by atoms with E-state index in [0.29, 0.717) is 12.4 Å². The third kappa shape index (κ3) is 2.22. The van der Waals surface area contributed by atoms with Gasteiger partial charge < -0.3 is 11.5 Å². The second-order valence-electron chi connectivity index (χ2n) is 3.94. The van der Waals surface area contributed by atoms with Crippen molar-refractivity contribution in [1.82, 2.24) is 24.7 Å². The van der Waals surface area contributed by atoms with Gasteiger partial charge in [-0.1, -0.05) is 22.0 Å². The summed E-state index contributed by atoms with van der Waals surface area (Å²) in [5.41, 5.74) is 12.1. The predicted molar refractivity (Wildman–Crippen MR) is 75.2 cm³/mol. The normalized spacial score (nSPS) is 11.0. The summed E-state index contributed by atoms with van der Waals surface area (Å²) in [7, 11) is 0. The molecule has 1 aromatic carbocycles. The topological polar surface area (TPSA) is 109 Å². The Morgan fingerprint density at radius 3 is 2.58 bits per heavy atom. The van der Waals surface area contributed by atoms with Crippen molar-refractivity contribution in [3.63, 3.8) is 0 Å². The number of aromatic nitrogens is 5.